The number of hydrogen-bond donors (Lipinski definition) is 2. The molecular formula is C15H17N3O3S. The van der Waals surface area contributed by atoms with Gasteiger partial charge in [0.1, 0.15) is 6.20 Å². The molecule has 1 amide bonds. The van der Waals surface area contributed by atoms with Crippen LogP contribution in [-0.4, -0.2) is 36.1 Å². The number of nitrogens with one attached hydrogen (secondary N) is 2. The van der Waals surface area contributed by atoms with Crippen molar-refractivity contribution in [3.63, 3.8) is 0 Å². The average Bonchev–Trinajstić information content (AvgIpc) is 3.28. The fourth-order valence-corrected chi connectivity index (χ4v) is 4.11. The SMILES string of the molecule is COc1cnc(-c2ccc(C(=O)N[C@@H]3C[C@H]4CC[C@@H]3N4)s2)o1. The van der Waals surface area contributed by atoms with Crippen molar-refractivity contribution in [3.05, 3.63) is 23.2 Å². The highest BCUT2D eigenvalue weighted by Crippen LogP contribution is 2.31. The number of rotatable bonds is 4. The molecule has 6 nitrogen and oxygen atoms in total. The third-order valence-electron chi connectivity index (χ3n) is 4.34. The Bertz CT molecular complexity index is 696. The normalized spacial score (nSPS) is 26.3. The second-order valence-electron chi connectivity index (χ2n) is 5.72. The molecule has 2 fully saturated rings. The quantitative estimate of drug-likeness (QED) is 0.902. The van der Waals surface area contributed by atoms with Crippen LogP contribution in [0.1, 0.15) is 28.9 Å². The van der Waals surface area contributed by atoms with E-state index in [0.29, 0.717) is 28.8 Å². The van der Waals surface area contributed by atoms with Crippen LogP contribution in [0, 0.1) is 0 Å². The Kier molecular flexibility index (Phi) is 3.38. The lowest BCUT2D eigenvalue weighted by atomic mass is 9.95. The number of ether oxygens (including phenoxy) is 1. The maximum atomic E-state index is 12.4. The molecule has 0 spiro atoms. The van der Waals surface area contributed by atoms with Crippen molar-refractivity contribution in [3.8, 4) is 16.7 Å². The first-order chi connectivity index (χ1) is 10.7. The fourth-order valence-electron chi connectivity index (χ4n) is 3.27. The molecule has 2 aromatic heterocycles. The van der Waals surface area contributed by atoms with Gasteiger partial charge in [-0.1, -0.05) is 0 Å². The van der Waals surface area contributed by atoms with Crippen molar-refractivity contribution < 1.29 is 13.9 Å². The topological polar surface area (TPSA) is 76.4 Å². The minimum absolute atomic E-state index is 0.0193. The zero-order valence-corrected chi connectivity index (χ0v) is 13.0. The Labute approximate surface area is 131 Å². The predicted octanol–water partition coefficient (Wildman–Crippen LogP) is 2.03. The standard InChI is InChI=1S/C15H17N3O3S/c1-20-13-7-16-15(21-13)12-5-4-11(22-12)14(19)18-10-6-8-2-3-9(10)17-8/h4-5,7-10,17H,2-3,6H2,1H3,(H,18,19)/t8-,9+,10-/m1/s1. The number of fused-ring (bicyclic) bond motifs is 2. The summed E-state index contributed by atoms with van der Waals surface area (Å²) in [4.78, 5) is 18.0. The van der Waals surface area contributed by atoms with Gasteiger partial charge >= 0.3 is 5.95 Å². The Hall–Kier alpha value is -1.86. The van der Waals surface area contributed by atoms with E-state index in [1.165, 1.54) is 31.1 Å². The molecule has 116 valence electrons. The molecule has 0 aromatic carbocycles. The van der Waals surface area contributed by atoms with E-state index >= 15 is 0 Å². The average molecular weight is 319 g/mol. The summed E-state index contributed by atoms with van der Waals surface area (Å²) in [6, 6.07) is 4.92. The van der Waals surface area contributed by atoms with Crippen LogP contribution in [0.4, 0.5) is 0 Å². The van der Waals surface area contributed by atoms with Crippen LogP contribution in [0.5, 0.6) is 5.95 Å². The smallest absolute Gasteiger partial charge is 0.305 e. The van der Waals surface area contributed by atoms with Gasteiger partial charge in [-0.15, -0.1) is 11.3 Å². The highest BCUT2D eigenvalue weighted by atomic mass is 32.1. The Morgan fingerprint density at radius 3 is 3.09 bits per heavy atom. The number of amides is 1. The molecule has 4 rings (SSSR count). The summed E-state index contributed by atoms with van der Waals surface area (Å²) < 4.78 is 10.4. The molecule has 7 heteroatoms. The van der Waals surface area contributed by atoms with Gasteiger partial charge < -0.3 is 19.8 Å². The van der Waals surface area contributed by atoms with E-state index < -0.39 is 0 Å². The largest absolute Gasteiger partial charge is 0.467 e. The monoisotopic (exact) mass is 319 g/mol. The highest BCUT2D eigenvalue weighted by Gasteiger charge is 2.39. The molecule has 0 saturated carbocycles. The van der Waals surface area contributed by atoms with E-state index in [1.54, 1.807) is 0 Å². The second kappa shape index (κ2) is 5.40. The highest BCUT2D eigenvalue weighted by molar-refractivity contribution is 7.17. The minimum atomic E-state index is -0.0193. The van der Waals surface area contributed by atoms with E-state index in [1.807, 2.05) is 12.1 Å². The van der Waals surface area contributed by atoms with E-state index in [4.69, 9.17) is 9.15 Å². The summed E-state index contributed by atoms with van der Waals surface area (Å²) in [7, 11) is 1.53. The maximum absolute atomic E-state index is 12.4. The van der Waals surface area contributed by atoms with Crippen LogP contribution in [0.25, 0.3) is 10.8 Å². The van der Waals surface area contributed by atoms with Crippen LogP contribution in [0.2, 0.25) is 0 Å². The first-order valence-electron chi connectivity index (χ1n) is 7.40. The van der Waals surface area contributed by atoms with Gasteiger partial charge in [-0.3, -0.25) is 4.79 Å². The molecule has 2 N–H and O–H groups in total. The number of nitrogens with zero attached hydrogens (tertiary/aromatic N) is 1. The van der Waals surface area contributed by atoms with Crippen molar-refractivity contribution in [1.29, 1.82) is 0 Å². The minimum Gasteiger partial charge on any atom is -0.467 e. The number of aromatic nitrogens is 1. The zero-order valence-electron chi connectivity index (χ0n) is 12.2. The molecule has 0 unspecified atom stereocenters. The Balaban J connectivity index is 1.45. The molecule has 4 heterocycles. The number of hydrogen-bond acceptors (Lipinski definition) is 6. The third-order valence-corrected chi connectivity index (χ3v) is 5.41. The molecule has 2 aromatic rings. The van der Waals surface area contributed by atoms with Gasteiger partial charge in [-0.05, 0) is 31.4 Å². The Morgan fingerprint density at radius 1 is 1.50 bits per heavy atom. The lowest BCUT2D eigenvalue weighted by molar-refractivity contribution is 0.0935. The molecule has 2 bridgehead atoms. The molecular weight excluding hydrogens is 302 g/mol. The summed E-state index contributed by atoms with van der Waals surface area (Å²) in [5, 5.41) is 6.67. The van der Waals surface area contributed by atoms with Crippen molar-refractivity contribution >= 4 is 17.2 Å². The molecule has 3 atom stereocenters. The van der Waals surface area contributed by atoms with Gasteiger partial charge in [0.15, 0.2) is 0 Å². The molecule has 2 aliphatic heterocycles. The summed E-state index contributed by atoms with van der Waals surface area (Å²) >= 11 is 1.38. The van der Waals surface area contributed by atoms with Gasteiger partial charge in [0.05, 0.1) is 16.9 Å². The van der Waals surface area contributed by atoms with Crippen LogP contribution >= 0.6 is 11.3 Å². The van der Waals surface area contributed by atoms with E-state index in [0.717, 1.165) is 17.7 Å². The van der Waals surface area contributed by atoms with E-state index in [-0.39, 0.29) is 11.9 Å². The molecule has 0 radical (unpaired) electrons. The number of carbonyl (C=O) groups excluding carboxylic acids is 1. The number of thiophene rings is 1. The van der Waals surface area contributed by atoms with Crippen molar-refractivity contribution in [1.82, 2.24) is 15.6 Å². The molecule has 2 saturated heterocycles. The summed E-state index contributed by atoms with van der Waals surface area (Å²) in [5.74, 6) is 0.819. The lowest BCUT2D eigenvalue weighted by Crippen LogP contribution is -2.42. The number of carbonyl (C=O) groups is 1. The summed E-state index contributed by atoms with van der Waals surface area (Å²) in [5.41, 5.74) is 0. The first-order valence-corrected chi connectivity index (χ1v) is 8.21. The second-order valence-corrected chi connectivity index (χ2v) is 6.80. The number of methoxy groups -OCH3 is 1. The predicted molar refractivity (Wildman–Crippen MR) is 82.2 cm³/mol. The van der Waals surface area contributed by atoms with Gasteiger partial charge in [0, 0.05) is 18.1 Å². The molecule has 0 aliphatic carbocycles. The van der Waals surface area contributed by atoms with Crippen molar-refractivity contribution in [2.45, 2.75) is 37.4 Å². The van der Waals surface area contributed by atoms with Crippen molar-refractivity contribution in [2.75, 3.05) is 7.11 Å². The van der Waals surface area contributed by atoms with E-state index in [9.17, 15) is 4.79 Å². The van der Waals surface area contributed by atoms with Crippen LogP contribution in [0.15, 0.2) is 22.7 Å². The molecule has 2 aliphatic rings. The fraction of sp³-hybridized carbons (Fsp3) is 0.467. The summed E-state index contributed by atoms with van der Waals surface area (Å²) in [6.45, 7) is 0. The van der Waals surface area contributed by atoms with E-state index in [2.05, 4.69) is 15.6 Å². The van der Waals surface area contributed by atoms with Gasteiger partial charge in [-0.2, -0.15) is 0 Å². The van der Waals surface area contributed by atoms with Crippen LogP contribution < -0.4 is 15.4 Å². The number of oxazole rings is 1. The third kappa shape index (κ3) is 2.40. The lowest BCUT2D eigenvalue weighted by Gasteiger charge is -2.20. The zero-order chi connectivity index (χ0) is 15.1. The first kappa shape index (κ1) is 13.8. The maximum Gasteiger partial charge on any atom is 0.305 e. The van der Waals surface area contributed by atoms with Crippen molar-refractivity contribution in [2.24, 2.45) is 0 Å². The summed E-state index contributed by atoms with van der Waals surface area (Å²) in [6.07, 6.45) is 4.94. The Morgan fingerprint density at radius 2 is 2.41 bits per heavy atom. The van der Waals surface area contributed by atoms with Gasteiger partial charge in [-0.25, -0.2) is 4.98 Å². The molecule has 22 heavy (non-hydrogen) atoms. The van der Waals surface area contributed by atoms with Gasteiger partial charge in [0.25, 0.3) is 5.91 Å². The van der Waals surface area contributed by atoms with Crippen LogP contribution in [-0.2, 0) is 0 Å². The van der Waals surface area contributed by atoms with Crippen LogP contribution in [0.3, 0.4) is 0 Å². The van der Waals surface area contributed by atoms with Gasteiger partial charge in [0.2, 0.25) is 5.89 Å².